The SMILES string of the molecule is O=C(O)C1(C(=O)O)C=CC(/C=C/c2ccccc2)=CC1. The number of carboxylic acid groups (broad SMARTS) is 2. The minimum atomic E-state index is -1.84. The van der Waals surface area contributed by atoms with Gasteiger partial charge in [-0.25, -0.2) is 0 Å². The summed E-state index contributed by atoms with van der Waals surface area (Å²) in [6.45, 7) is 0. The van der Waals surface area contributed by atoms with E-state index >= 15 is 0 Å². The molecule has 1 aromatic carbocycles. The predicted octanol–water partition coefficient (Wildman–Crippen LogP) is 2.74. The van der Waals surface area contributed by atoms with E-state index in [4.69, 9.17) is 10.2 Å². The number of hydrogen-bond acceptors (Lipinski definition) is 2. The van der Waals surface area contributed by atoms with E-state index in [1.165, 1.54) is 12.2 Å². The highest BCUT2D eigenvalue weighted by Gasteiger charge is 2.44. The summed E-state index contributed by atoms with van der Waals surface area (Å²) in [6, 6.07) is 9.66. The van der Waals surface area contributed by atoms with Gasteiger partial charge in [0.2, 0.25) is 0 Å². The third-order valence-electron chi connectivity index (χ3n) is 3.25. The predicted molar refractivity (Wildman–Crippen MR) is 75.0 cm³/mol. The normalized spacial score (nSPS) is 16.9. The van der Waals surface area contributed by atoms with Gasteiger partial charge in [-0.05, 0) is 17.6 Å². The van der Waals surface area contributed by atoms with Crippen molar-refractivity contribution in [1.29, 1.82) is 0 Å². The molecule has 0 bridgehead atoms. The zero-order valence-electron chi connectivity index (χ0n) is 10.7. The van der Waals surface area contributed by atoms with Crippen LogP contribution in [0, 0.1) is 5.41 Å². The molecule has 0 aliphatic heterocycles. The van der Waals surface area contributed by atoms with E-state index in [0.717, 1.165) is 11.1 Å². The Labute approximate surface area is 116 Å². The number of carbonyl (C=O) groups is 2. The van der Waals surface area contributed by atoms with Crippen molar-refractivity contribution in [2.75, 3.05) is 0 Å². The zero-order chi connectivity index (χ0) is 14.6. The van der Waals surface area contributed by atoms with Crippen LogP contribution < -0.4 is 0 Å². The van der Waals surface area contributed by atoms with Gasteiger partial charge in [0.1, 0.15) is 0 Å². The maximum Gasteiger partial charge on any atom is 0.325 e. The zero-order valence-corrected chi connectivity index (χ0v) is 10.7. The Bertz CT molecular complexity index is 595. The maximum absolute atomic E-state index is 11.1. The Morgan fingerprint density at radius 3 is 2.20 bits per heavy atom. The second kappa shape index (κ2) is 5.57. The van der Waals surface area contributed by atoms with E-state index in [1.54, 1.807) is 6.08 Å². The molecule has 2 rings (SSSR count). The molecule has 1 aliphatic rings. The Balaban J connectivity index is 2.15. The molecule has 0 saturated heterocycles. The first-order valence-electron chi connectivity index (χ1n) is 6.14. The summed E-state index contributed by atoms with van der Waals surface area (Å²) in [4.78, 5) is 22.2. The number of carboxylic acids is 2. The van der Waals surface area contributed by atoms with Crippen LogP contribution >= 0.6 is 0 Å². The lowest BCUT2D eigenvalue weighted by molar-refractivity contribution is -0.160. The highest BCUT2D eigenvalue weighted by molar-refractivity contribution is 6.01. The van der Waals surface area contributed by atoms with E-state index in [2.05, 4.69) is 0 Å². The molecule has 20 heavy (non-hydrogen) atoms. The van der Waals surface area contributed by atoms with Crippen molar-refractivity contribution in [3.05, 3.63) is 65.8 Å². The largest absolute Gasteiger partial charge is 0.480 e. The maximum atomic E-state index is 11.1. The first kappa shape index (κ1) is 13.8. The summed E-state index contributed by atoms with van der Waals surface area (Å²) in [5.74, 6) is -2.69. The quantitative estimate of drug-likeness (QED) is 0.825. The van der Waals surface area contributed by atoms with Crippen LogP contribution in [0.3, 0.4) is 0 Å². The summed E-state index contributed by atoms with van der Waals surface area (Å²) >= 11 is 0. The number of allylic oxidation sites excluding steroid dienone is 4. The summed E-state index contributed by atoms with van der Waals surface area (Å²) in [6.07, 6.45) is 8.07. The second-order valence-electron chi connectivity index (χ2n) is 4.57. The first-order valence-corrected chi connectivity index (χ1v) is 6.14. The molecule has 102 valence electrons. The molecule has 0 aromatic heterocycles. The smallest absolute Gasteiger partial charge is 0.325 e. The van der Waals surface area contributed by atoms with Crippen LogP contribution in [0.25, 0.3) is 6.08 Å². The monoisotopic (exact) mass is 270 g/mol. The molecular weight excluding hydrogens is 256 g/mol. The summed E-state index contributed by atoms with van der Waals surface area (Å²) in [7, 11) is 0. The van der Waals surface area contributed by atoms with Crippen LogP contribution in [0.15, 0.2) is 60.2 Å². The van der Waals surface area contributed by atoms with Crippen molar-refractivity contribution in [2.24, 2.45) is 5.41 Å². The number of rotatable bonds is 4. The van der Waals surface area contributed by atoms with Crippen LogP contribution in [0.2, 0.25) is 0 Å². The second-order valence-corrected chi connectivity index (χ2v) is 4.57. The van der Waals surface area contributed by atoms with Crippen LogP contribution in [0.5, 0.6) is 0 Å². The number of benzene rings is 1. The minimum Gasteiger partial charge on any atom is -0.480 e. The molecule has 4 nitrogen and oxygen atoms in total. The molecule has 0 heterocycles. The summed E-state index contributed by atoms with van der Waals surface area (Å²) < 4.78 is 0. The lowest BCUT2D eigenvalue weighted by atomic mass is 9.80. The summed E-state index contributed by atoms with van der Waals surface area (Å²) in [5.41, 5.74) is -0.0218. The van der Waals surface area contributed by atoms with E-state index in [9.17, 15) is 9.59 Å². The highest BCUT2D eigenvalue weighted by Crippen LogP contribution is 2.31. The van der Waals surface area contributed by atoms with Crippen molar-refractivity contribution in [3.63, 3.8) is 0 Å². The Kier molecular flexibility index (Phi) is 3.84. The molecule has 4 heteroatoms. The average Bonchev–Trinajstić information content (AvgIpc) is 2.46. The van der Waals surface area contributed by atoms with Gasteiger partial charge in [0.05, 0.1) is 0 Å². The van der Waals surface area contributed by atoms with Gasteiger partial charge in [0, 0.05) is 0 Å². The molecule has 0 fully saturated rings. The molecule has 0 spiro atoms. The molecule has 2 N–H and O–H groups in total. The van der Waals surface area contributed by atoms with Crippen LogP contribution in [0.1, 0.15) is 12.0 Å². The number of hydrogen-bond donors (Lipinski definition) is 2. The van der Waals surface area contributed by atoms with Gasteiger partial charge in [-0.2, -0.15) is 0 Å². The molecular formula is C16H14O4. The van der Waals surface area contributed by atoms with Gasteiger partial charge in [-0.3, -0.25) is 9.59 Å². The fraction of sp³-hybridized carbons (Fsp3) is 0.125. The third kappa shape index (κ3) is 2.69. The van der Waals surface area contributed by atoms with Crippen molar-refractivity contribution in [2.45, 2.75) is 6.42 Å². The lowest BCUT2D eigenvalue weighted by Gasteiger charge is -2.22. The highest BCUT2D eigenvalue weighted by atomic mass is 16.4. The van der Waals surface area contributed by atoms with Gasteiger partial charge in [-0.15, -0.1) is 0 Å². The van der Waals surface area contributed by atoms with Crippen LogP contribution in [-0.4, -0.2) is 22.2 Å². The summed E-state index contributed by atoms with van der Waals surface area (Å²) in [5, 5.41) is 18.1. The number of aliphatic carboxylic acids is 2. The van der Waals surface area contributed by atoms with E-state index in [0.29, 0.717) is 0 Å². The fourth-order valence-electron chi connectivity index (χ4n) is 1.94. The fourth-order valence-corrected chi connectivity index (χ4v) is 1.94. The molecule has 0 unspecified atom stereocenters. The Morgan fingerprint density at radius 1 is 1.05 bits per heavy atom. The Morgan fingerprint density at radius 2 is 1.70 bits per heavy atom. The van der Waals surface area contributed by atoms with Crippen LogP contribution in [-0.2, 0) is 9.59 Å². The van der Waals surface area contributed by atoms with Crippen LogP contribution in [0.4, 0.5) is 0 Å². The van der Waals surface area contributed by atoms with Crippen molar-refractivity contribution < 1.29 is 19.8 Å². The average molecular weight is 270 g/mol. The topological polar surface area (TPSA) is 74.6 Å². The third-order valence-corrected chi connectivity index (χ3v) is 3.25. The van der Waals surface area contributed by atoms with E-state index in [-0.39, 0.29) is 6.42 Å². The van der Waals surface area contributed by atoms with Gasteiger partial charge in [0.25, 0.3) is 0 Å². The molecule has 0 atom stereocenters. The van der Waals surface area contributed by atoms with Crippen molar-refractivity contribution in [1.82, 2.24) is 0 Å². The molecule has 0 saturated carbocycles. The lowest BCUT2D eigenvalue weighted by Crippen LogP contribution is -2.38. The molecule has 1 aliphatic carbocycles. The minimum absolute atomic E-state index is 0.0529. The van der Waals surface area contributed by atoms with Gasteiger partial charge in [0.15, 0.2) is 5.41 Å². The molecule has 0 amide bonds. The van der Waals surface area contributed by atoms with E-state index < -0.39 is 17.4 Å². The van der Waals surface area contributed by atoms with E-state index in [1.807, 2.05) is 42.5 Å². The first-order chi connectivity index (χ1) is 9.54. The standard InChI is InChI=1S/C16H14O4/c17-14(18)16(15(19)20)10-8-13(9-11-16)7-6-12-4-2-1-3-5-12/h1-10H,11H2,(H,17,18)(H,19,20)/b7-6+. The molecule has 1 aromatic rings. The van der Waals surface area contributed by atoms with Gasteiger partial charge in [-0.1, -0.05) is 60.7 Å². The van der Waals surface area contributed by atoms with Crippen molar-refractivity contribution >= 4 is 18.0 Å². The van der Waals surface area contributed by atoms with Gasteiger partial charge < -0.3 is 10.2 Å². The molecule has 0 radical (unpaired) electrons. The van der Waals surface area contributed by atoms with Gasteiger partial charge >= 0.3 is 11.9 Å². The van der Waals surface area contributed by atoms with Crippen molar-refractivity contribution in [3.8, 4) is 0 Å². The Hall–Kier alpha value is -2.62.